The fraction of sp³-hybridized carbons (Fsp3) is 0.571. The largest absolute Gasteiger partial charge is 0.488 e. The summed E-state index contributed by atoms with van der Waals surface area (Å²) in [5.74, 6) is 0.977. The molecule has 1 aromatic carbocycles. The highest BCUT2D eigenvalue weighted by Crippen LogP contribution is 2.30. The Hall–Kier alpha value is -0.770. The summed E-state index contributed by atoms with van der Waals surface area (Å²) in [4.78, 5) is 0. The minimum Gasteiger partial charge on any atom is -0.488 e. The minimum absolute atomic E-state index is 0.237. The second-order valence-corrected chi connectivity index (χ2v) is 5.04. The Morgan fingerprint density at radius 1 is 1.44 bits per heavy atom. The predicted molar refractivity (Wildman–Crippen MR) is 73.6 cm³/mol. The van der Waals surface area contributed by atoms with Gasteiger partial charge in [0.05, 0.1) is 0 Å². The molecule has 1 aliphatic heterocycles. The van der Waals surface area contributed by atoms with Crippen LogP contribution in [0.15, 0.2) is 18.2 Å². The highest BCUT2D eigenvalue weighted by molar-refractivity contribution is 6.30. The third kappa shape index (κ3) is 3.87. The van der Waals surface area contributed by atoms with Gasteiger partial charge >= 0.3 is 0 Å². The van der Waals surface area contributed by atoms with Crippen LogP contribution in [-0.4, -0.2) is 32.9 Å². The number of rotatable bonds is 7. The van der Waals surface area contributed by atoms with Crippen LogP contribution in [0.1, 0.15) is 18.4 Å². The summed E-state index contributed by atoms with van der Waals surface area (Å²) in [7, 11) is 1.74. The molecule has 4 heteroatoms. The maximum atomic E-state index is 5.96. The van der Waals surface area contributed by atoms with E-state index >= 15 is 0 Å². The van der Waals surface area contributed by atoms with E-state index in [-0.39, 0.29) is 6.10 Å². The Balaban J connectivity index is 1.65. The van der Waals surface area contributed by atoms with E-state index in [2.05, 4.69) is 5.32 Å². The summed E-state index contributed by atoms with van der Waals surface area (Å²) in [5, 5.41) is 4.21. The van der Waals surface area contributed by atoms with Crippen LogP contribution in [0.3, 0.4) is 0 Å². The van der Waals surface area contributed by atoms with Crippen molar-refractivity contribution in [2.24, 2.45) is 0 Å². The third-order valence-corrected chi connectivity index (χ3v) is 3.32. The van der Waals surface area contributed by atoms with Crippen LogP contribution in [0, 0.1) is 0 Å². The number of hydrogen-bond donors (Lipinski definition) is 1. The Morgan fingerprint density at radius 3 is 3.17 bits per heavy atom. The van der Waals surface area contributed by atoms with Gasteiger partial charge in [0.15, 0.2) is 0 Å². The zero-order chi connectivity index (χ0) is 12.8. The molecule has 0 fully saturated rings. The third-order valence-electron chi connectivity index (χ3n) is 3.09. The van der Waals surface area contributed by atoms with Crippen LogP contribution < -0.4 is 10.1 Å². The van der Waals surface area contributed by atoms with Crippen molar-refractivity contribution in [2.75, 3.05) is 26.8 Å². The molecule has 1 aromatic rings. The molecule has 0 saturated heterocycles. The molecule has 0 bridgehead atoms. The highest BCUT2D eigenvalue weighted by Gasteiger charge is 2.22. The van der Waals surface area contributed by atoms with Gasteiger partial charge in [0, 0.05) is 31.7 Å². The Bertz CT molecular complexity index is 384. The van der Waals surface area contributed by atoms with Crippen molar-refractivity contribution >= 4 is 11.6 Å². The lowest BCUT2D eigenvalue weighted by Crippen LogP contribution is -2.30. The molecule has 100 valence electrons. The van der Waals surface area contributed by atoms with Crippen LogP contribution >= 0.6 is 11.6 Å². The van der Waals surface area contributed by atoms with Gasteiger partial charge in [0.2, 0.25) is 0 Å². The topological polar surface area (TPSA) is 30.5 Å². The number of benzene rings is 1. The summed E-state index contributed by atoms with van der Waals surface area (Å²) in [5.41, 5.74) is 1.22. The molecule has 0 saturated carbocycles. The zero-order valence-electron chi connectivity index (χ0n) is 10.7. The lowest BCUT2D eigenvalue weighted by molar-refractivity contribution is 0.191. The number of halogens is 1. The van der Waals surface area contributed by atoms with Crippen molar-refractivity contribution in [3.05, 3.63) is 28.8 Å². The van der Waals surface area contributed by atoms with Gasteiger partial charge < -0.3 is 14.8 Å². The molecule has 18 heavy (non-hydrogen) atoms. The first-order valence-corrected chi connectivity index (χ1v) is 6.82. The predicted octanol–water partition coefficient (Wildman–Crippen LogP) is 2.66. The average Bonchev–Trinajstić information content (AvgIpc) is 2.75. The normalized spacial score (nSPS) is 17.6. The molecule has 1 unspecified atom stereocenters. The van der Waals surface area contributed by atoms with Gasteiger partial charge in [-0.25, -0.2) is 0 Å². The van der Waals surface area contributed by atoms with Crippen LogP contribution in [0.4, 0.5) is 0 Å². The summed E-state index contributed by atoms with van der Waals surface area (Å²) in [6.07, 6.45) is 3.42. The molecule has 0 aliphatic carbocycles. The monoisotopic (exact) mass is 269 g/mol. The number of unbranched alkanes of at least 4 members (excludes halogenated alkanes) is 1. The lowest BCUT2D eigenvalue weighted by atomic mass is 10.1. The van der Waals surface area contributed by atoms with Gasteiger partial charge in [-0.15, -0.1) is 0 Å². The van der Waals surface area contributed by atoms with E-state index in [1.165, 1.54) is 5.56 Å². The van der Waals surface area contributed by atoms with Gasteiger partial charge in [-0.2, -0.15) is 0 Å². The molecule has 1 N–H and O–H groups in total. The molecule has 1 heterocycles. The number of methoxy groups -OCH3 is 1. The summed E-state index contributed by atoms with van der Waals surface area (Å²) in [6, 6.07) is 5.83. The fourth-order valence-electron chi connectivity index (χ4n) is 2.16. The number of hydrogen-bond acceptors (Lipinski definition) is 3. The second-order valence-electron chi connectivity index (χ2n) is 4.60. The second kappa shape index (κ2) is 6.98. The van der Waals surface area contributed by atoms with Crippen molar-refractivity contribution in [1.29, 1.82) is 0 Å². The standard InChI is InChI=1S/C14H20ClNO2/c1-17-7-3-2-6-16-10-13-9-11-8-12(15)4-5-14(11)18-13/h4-5,8,13,16H,2-3,6-7,9-10H2,1H3. The maximum absolute atomic E-state index is 5.96. The summed E-state index contributed by atoms with van der Waals surface area (Å²) in [6.45, 7) is 2.74. The molecule has 1 atom stereocenters. The van der Waals surface area contributed by atoms with E-state index in [0.717, 1.165) is 49.7 Å². The van der Waals surface area contributed by atoms with Gasteiger partial charge in [-0.3, -0.25) is 0 Å². The van der Waals surface area contributed by atoms with E-state index in [4.69, 9.17) is 21.1 Å². The molecule has 0 spiro atoms. The summed E-state index contributed by atoms with van der Waals surface area (Å²) < 4.78 is 10.9. The van der Waals surface area contributed by atoms with Gasteiger partial charge in [-0.05, 0) is 43.1 Å². The van der Waals surface area contributed by atoms with Crippen LogP contribution in [0.2, 0.25) is 5.02 Å². The summed E-state index contributed by atoms with van der Waals surface area (Å²) >= 11 is 5.96. The number of nitrogens with one attached hydrogen (secondary N) is 1. The smallest absolute Gasteiger partial charge is 0.123 e. The van der Waals surface area contributed by atoms with Crippen molar-refractivity contribution in [3.63, 3.8) is 0 Å². The van der Waals surface area contributed by atoms with E-state index < -0.39 is 0 Å². The van der Waals surface area contributed by atoms with Crippen LogP contribution in [0.5, 0.6) is 5.75 Å². The van der Waals surface area contributed by atoms with Gasteiger partial charge in [0.25, 0.3) is 0 Å². The van der Waals surface area contributed by atoms with Crippen molar-refractivity contribution in [1.82, 2.24) is 5.32 Å². The molecule has 0 amide bonds. The fourth-order valence-corrected chi connectivity index (χ4v) is 2.36. The molecule has 0 aromatic heterocycles. The van der Waals surface area contributed by atoms with Crippen LogP contribution in [-0.2, 0) is 11.2 Å². The van der Waals surface area contributed by atoms with E-state index in [1.54, 1.807) is 7.11 Å². The Kier molecular flexibility index (Phi) is 5.29. The molecule has 1 aliphatic rings. The highest BCUT2D eigenvalue weighted by atomic mass is 35.5. The lowest BCUT2D eigenvalue weighted by Gasteiger charge is -2.11. The van der Waals surface area contributed by atoms with E-state index in [9.17, 15) is 0 Å². The Labute approximate surface area is 113 Å². The maximum Gasteiger partial charge on any atom is 0.123 e. The molecule has 3 nitrogen and oxygen atoms in total. The quantitative estimate of drug-likeness (QED) is 0.772. The first-order chi connectivity index (χ1) is 8.79. The average molecular weight is 270 g/mol. The SMILES string of the molecule is COCCCCNCC1Cc2cc(Cl)ccc2O1. The van der Waals surface area contributed by atoms with Crippen molar-refractivity contribution in [2.45, 2.75) is 25.4 Å². The first-order valence-electron chi connectivity index (χ1n) is 6.44. The molecule has 2 rings (SSSR count). The molecule has 0 radical (unpaired) electrons. The number of ether oxygens (including phenoxy) is 2. The van der Waals surface area contributed by atoms with Crippen molar-refractivity contribution in [3.8, 4) is 5.75 Å². The van der Waals surface area contributed by atoms with Gasteiger partial charge in [0.1, 0.15) is 11.9 Å². The Morgan fingerprint density at radius 2 is 2.33 bits per heavy atom. The zero-order valence-corrected chi connectivity index (χ0v) is 11.5. The molecular formula is C14H20ClNO2. The van der Waals surface area contributed by atoms with E-state index in [1.807, 2.05) is 18.2 Å². The minimum atomic E-state index is 0.237. The van der Waals surface area contributed by atoms with E-state index in [0.29, 0.717) is 0 Å². The molecular weight excluding hydrogens is 250 g/mol. The number of fused-ring (bicyclic) bond motifs is 1. The van der Waals surface area contributed by atoms with Crippen LogP contribution in [0.25, 0.3) is 0 Å². The first kappa shape index (κ1) is 13.7. The van der Waals surface area contributed by atoms with Crippen molar-refractivity contribution < 1.29 is 9.47 Å². The van der Waals surface area contributed by atoms with Gasteiger partial charge in [-0.1, -0.05) is 11.6 Å².